The molecule has 0 aliphatic rings. The summed E-state index contributed by atoms with van der Waals surface area (Å²) in [6.45, 7) is 0. The molecule has 2 N–H and O–H groups in total. The maximum absolute atomic E-state index is 5.85. The quantitative estimate of drug-likeness (QED) is 0.632. The van der Waals surface area contributed by atoms with E-state index >= 15 is 0 Å². The molecule has 0 saturated carbocycles. The van der Waals surface area contributed by atoms with Gasteiger partial charge in [0.15, 0.2) is 5.06 Å². The van der Waals surface area contributed by atoms with E-state index < -0.39 is 0 Å². The van der Waals surface area contributed by atoms with Gasteiger partial charge in [-0.25, -0.2) is 0 Å². The highest BCUT2D eigenvalue weighted by Gasteiger charge is 2.08. The van der Waals surface area contributed by atoms with Crippen molar-refractivity contribution >= 4 is 38.7 Å². The number of alkyl halides is 1. The van der Waals surface area contributed by atoms with Crippen molar-refractivity contribution in [1.29, 1.82) is 0 Å². The largest absolute Gasteiger partial charge is 0.487 e. The summed E-state index contributed by atoms with van der Waals surface area (Å²) in [7, 11) is 1.66. The van der Waals surface area contributed by atoms with Crippen molar-refractivity contribution in [3.63, 3.8) is 0 Å². The molecule has 0 atom stereocenters. The van der Waals surface area contributed by atoms with Gasteiger partial charge in [-0.05, 0) is 17.5 Å². The predicted octanol–water partition coefficient (Wildman–Crippen LogP) is 3.23. The van der Waals surface area contributed by atoms with E-state index in [9.17, 15) is 0 Å². The molecule has 0 spiro atoms. The van der Waals surface area contributed by atoms with Crippen LogP contribution in [-0.2, 0) is 5.88 Å². The molecular formula is C10H10ClNOS. The number of hydrogen-bond acceptors (Lipinski definition) is 3. The molecule has 0 aliphatic heterocycles. The van der Waals surface area contributed by atoms with Gasteiger partial charge in [0.05, 0.1) is 13.0 Å². The van der Waals surface area contributed by atoms with Gasteiger partial charge in [0.25, 0.3) is 0 Å². The number of nitrogens with two attached hydrogens (primary N) is 1. The first-order valence-corrected chi connectivity index (χ1v) is 5.52. The van der Waals surface area contributed by atoms with Gasteiger partial charge in [0.1, 0.15) is 0 Å². The molecule has 2 rings (SSSR count). The zero-order valence-corrected chi connectivity index (χ0v) is 9.28. The fourth-order valence-corrected chi connectivity index (χ4v) is 2.79. The second kappa shape index (κ2) is 3.67. The molecule has 1 aromatic carbocycles. The van der Waals surface area contributed by atoms with E-state index in [0.29, 0.717) is 5.88 Å². The molecule has 1 heterocycles. The van der Waals surface area contributed by atoms with Crippen LogP contribution in [0, 0.1) is 0 Å². The summed E-state index contributed by atoms with van der Waals surface area (Å²) >= 11 is 7.43. The summed E-state index contributed by atoms with van der Waals surface area (Å²) in [4.78, 5) is 0. The Morgan fingerprint density at radius 3 is 2.93 bits per heavy atom. The van der Waals surface area contributed by atoms with Crippen LogP contribution in [0.1, 0.15) is 5.56 Å². The Morgan fingerprint density at radius 1 is 1.50 bits per heavy atom. The second-order valence-electron chi connectivity index (χ2n) is 2.95. The van der Waals surface area contributed by atoms with Crippen molar-refractivity contribution in [2.24, 2.45) is 0 Å². The predicted molar refractivity (Wildman–Crippen MR) is 62.3 cm³/mol. The Balaban J connectivity index is 2.73. The lowest BCUT2D eigenvalue weighted by atomic mass is 10.1. The number of hydrogen-bond donors (Lipinski definition) is 1. The number of rotatable bonds is 2. The Hall–Kier alpha value is -0.930. The number of anilines is 1. The van der Waals surface area contributed by atoms with Crippen molar-refractivity contribution in [2.75, 3.05) is 12.8 Å². The first-order chi connectivity index (χ1) is 6.76. The minimum Gasteiger partial charge on any atom is -0.487 e. The monoisotopic (exact) mass is 227 g/mol. The van der Waals surface area contributed by atoms with Gasteiger partial charge >= 0.3 is 0 Å². The van der Waals surface area contributed by atoms with Gasteiger partial charge in [-0.1, -0.05) is 17.4 Å². The van der Waals surface area contributed by atoms with Crippen LogP contribution >= 0.6 is 22.9 Å². The van der Waals surface area contributed by atoms with Crippen molar-refractivity contribution < 1.29 is 4.74 Å². The lowest BCUT2D eigenvalue weighted by Gasteiger charge is -2.01. The van der Waals surface area contributed by atoms with Crippen LogP contribution in [0.5, 0.6) is 5.06 Å². The van der Waals surface area contributed by atoms with Crippen LogP contribution in [0.15, 0.2) is 18.2 Å². The average Bonchev–Trinajstić information content (AvgIpc) is 2.60. The summed E-state index contributed by atoms with van der Waals surface area (Å²) in [5, 5.41) is 2.02. The maximum atomic E-state index is 5.85. The molecule has 1 aromatic heterocycles. The van der Waals surface area contributed by atoms with Crippen LogP contribution in [0.4, 0.5) is 5.69 Å². The molecule has 0 radical (unpaired) electrons. The molecule has 0 bridgehead atoms. The summed E-state index contributed by atoms with van der Waals surface area (Å²) in [6, 6.07) is 5.86. The molecule has 74 valence electrons. The number of ether oxygens (including phenoxy) is 1. The second-order valence-corrected chi connectivity index (χ2v) is 4.24. The molecule has 0 aliphatic carbocycles. The van der Waals surface area contributed by atoms with Crippen LogP contribution in [-0.4, -0.2) is 7.11 Å². The van der Waals surface area contributed by atoms with Gasteiger partial charge in [-0.3, -0.25) is 0 Å². The standard InChI is InChI=1S/C10H10ClNOS/c1-13-9-4-6-2-3-8(12)7(5-11)10(6)14-9/h2-4H,5,12H2,1H3. The Bertz CT molecular complexity index is 466. The van der Waals surface area contributed by atoms with Gasteiger partial charge in [0.2, 0.25) is 0 Å². The van der Waals surface area contributed by atoms with Gasteiger partial charge in [0, 0.05) is 16.0 Å². The summed E-state index contributed by atoms with van der Waals surface area (Å²) < 4.78 is 6.30. The van der Waals surface area contributed by atoms with Crippen molar-refractivity contribution in [3.8, 4) is 5.06 Å². The molecule has 14 heavy (non-hydrogen) atoms. The van der Waals surface area contributed by atoms with Crippen LogP contribution in [0.2, 0.25) is 0 Å². The van der Waals surface area contributed by atoms with Crippen molar-refractivity contribution in [2.45, 2.75) is 5.88 Å². The number of nitrogen functional groups attached to an aromatic ring is 1. The van der Waals surface area contributed by atoms with E-state index in [1.54, 1.807) is 18.4 Å². The minimum absolute atomic E-state index is 0.437. The number of methoxy groups -OCH3 is 1. The average molecular weight is 228 g/mol. The molecule has 2 nitrogen and oxygen atoms in total. The zero-order valence-electron chi connectivity index (χ0n) is 7.71. The molecular weight excluding hydrogens is 218 g/mol. The Labute approximate surface area is 91.2 Å². The topological polar surface area (TPSA) is 35.2 Å². The summed E-state index contributed by atoms with van der Waals surface area (Å²) in [5.74, 6) is 0.437. The van der Waals surface area contributed by atoms with Gasteiger partial charge < -0.3 is 10.5 Å². The maximum Gasteiger partial charge on any atom is 0.174 e. The lowest BCUT2D eigenvalue weighted by Crippen LogP contribution is -1.90. The third-order valence-corrected chi connectivity index (χ3v) is 3.58. The molecule has 0 amide bonds. The minimum atomic E-state index is 0.437. The first-order valence-electron chi connectivity index (χ1n) is 4.17. The van der Waals surface area contributed by atoms with Crippen molar-refractivity contribution in [3.05, 3.63) is 23.8 Å². The smallest absolute Gasteiger partial charge is 0.174 e. The van der Waals surface area contributed by atoms with E-state index in [0.717, 1.165) is 26.4 Å². The fourth-order valence-electron chi connectivity index (χ4n) is 1.39. The van der Waals surface area contributed by atoms with Crippen LogP contribution < -0.4 is 10.5 Å². The number of fused-ring (bicyclic) bond motifs is 1. The zero-order chi connectivity index (χ0) is 10.1. The SMILES string of the molecule is COc1cc2ccc(N)c(CCl)c2s1. The Kier molecular flexibility index (Phi) is 2.52. The van der Waals surface area contributed by atoms with E-state index in [2.05, 4.69) is 0 Å². The highest BCUT2D eigenvalue weighted by Crippen LogP contribution is 2.36. The number of benzene rings is 1. The molecule has 2 aromatic rings. The third-order valence-electron chi connectivity index (χ3n) is 2.14. The normalized spacial score (nSPS) is 10.7. The highest BCUT2D eigenvalue weighted by molar-refractivity contribution is 7.21. The molecule has 0 unspecified atom stereocenters. The lowest BCUT2D eigenvalue weighted by molar-refractivity contribution is 0.427. The highest BCUT2D eigenvalue weighted by atomic mass is 35.5. The van der Waals surface area contributed by atoms with Gasteiger partial charge in [-0.15, -0.1) is 11.6 Å². The van der Waals surface area contributed by atoms with Gasteiger partial charge in [-0.2, -0.15) is 0 Å². The number of halogens is 1. The summed E-state index contributed by atoms with van der Waals surface area (Å²) in [6.07, 6.45) is 0. The molecule has 4 heteroatoms. The molecule has 0 fully saturated rings. The number of thiophene rings is 1. The van der Waals surface area contributed by atoms with E-state index in [-0.39, 0.29) is 0 Å². The van der Waals surface area contributed by atoms with E-state index in [4.69, 9.17) is 22.1 Å². The molecule has 0 saturated heterocycles. The van der Waals surface area contributed by atoms with E-state index in [1.807, 2.05) is 18.2 Å². The third kappa shape index (κ3) is 1.42. The fraction of sp³-hybridized carbons (Fsp3) is 0.200. The van der Waals surface area contributed by atoms with E-state index in [1.165, 1.54) is 0 Å². The van der Waals surface area contributed by atoms with Crippen LogP contribution in [0.25, 0.3) is 10.1 Å². The Morgan fingerprint density at radius 2 is 2.29 bits per heavy atom. The first kappa shape index (κ1) is 9.62. The summed E-state index contributed by atoms with van der Waals surface area (Å²) in [5.41, 5.74) is 7.57. The van der Waals surface area contributed by atoms with Crippen LogP contribution in [0.3, 0.4) is 0 Å². The van der Waals surface area contributed by atoms with Crippen molar-refractivity contribution in [1.82, 2.24) is 0 Å².